The van der Waals surface area contributed by atoms with Crippen molar-refractivity contribution in [3.63, 3.8) is 0 Å². The van der Waals surface area contributed by atoms with Gasteiger partial charge >= 0.3 is 5.97 Å². The third-order valence-corrected chi connectivity index (χ3v) is 5.83. The Labute approximate surface area is 167 Å². The number of nitrogens with zero attached hydrogens (tertiary/aromatic N) is 2. The Kier molecular flexibility index (Phi) is 6.21. The summed E-state index contributed by atoms with van der Waals surface area (Å²) in [5.74, 6) is -0.348. The molecule has 1 N–H and O–H groups in total. The molecule has 3 rings (SSSR count). The van der Waals surface area contributed by atoms with Gasteiger partial charge in [0.1, 0.15) is 0 Å². The summed E-state index contributed by atoms with van der Waals surface area (Å²) in [5, 5.41) is 9.36. The van der Waals surface area contributed by atoms with Gasteiger partial charge in [-0.1, -0.05) is 45.0 Å². The number of aliphatic carboxylic acids is 1. The van der Waals surface area contributed by atoms with E-state index in [0.29, 0.717) is 19.5 Å². The summed E-state index contributed by atoms with van der Waals surface area (Å²) in [6.45, 7) is 8.31. The molecule has 1 amide bonds. The average molecular weight is 385 g/mol. The molecule has 5 nitrogen and oxygen atoms in total. The highest BCUT2D eigenvalue weighted by Crippen LogP contribution is 2.33. The van der Waals surface area contributed by atoms with E-state index in [-0.39, 0.29) is 29.6 Å². The number of likely N-dealkylation sites (tertiary alicyclic amines) is 1. The summed E-state index contributed by atoms with van der Waals surface area (Å²) in [6, 6.07) is 8.36. The van der Waals surface area contributed by atoms with Crippen LogP contribution in [0.2, 0.25) is 0 Å². The van der Waals surface area contributed by atoms with Crippen LogP contribution in [-0.2, 0) is 16.0 Å². The highest BCUT2D eigenvalue weighted by Gasteiger charge is 2.35. The molecular weight excluding hydrogens is 352 g/mol. The molecule has 2 aliphatic heterocycles. The number of aliphatic imine (C=N–C) groups is 1. The highest BCUT2D eigenvalue weighted by molar-refractivity contribution is 6.02. The van der Waals surface area contributed by atoms with Gasteiger partial charge < -0.3 is 10.0 Å². The molecule has 2 aliphatic rings. The maximum absolute atomic E-state index is 12.8. The van der Waals surface area contributed by atoms with E-state index in [9.17, 15) is 14.7 Å². The third-order valence-electron chi connectivity index (χ3n) is 5.83. The van der Waals surface area contributed by atoms with Crippen LogP contribution in [0.3, 0.4) is 0 Å². The van der Waals surface area contributed by atoms with Crippen molar-refractivity contribution >= 4 is 17.6 Å². The maximum Gasteiger partial charge on any atom is 0.303 e. The van der Waals surface area contributed by atoms with Crippen molar-refractivity contribution in [1.82, 2.24) is 4.90 Å². The first kappa shape index (κ1) is 20.6. The fraction of sp³-hybridized carbons (Fsp3) is 0.609. The molecule has 2 unspecified atom stereocenters. The molecule has 1 fully saturated rings. The van der Waals surface area contributed by atoms with Crippen LogP contribution in [0.1, 0.15) is 57.6 Å². The van der Waals surface area contributed by atoms with Crippen molar-refractivity contribution in [1.29, 1.82) is 0 Å². The second-order valence-electron chi connectivity index (χ2n) is 9.42. The summed E-state index contributed by atoms with van der Waals surface area (Å²) in [6.07, 6.45) is 3.14. The molecule has 1 saturated heterocycles. The summed E-state index contributed by atoms with van der Waals surface area (Å²) < 4.78 is 0. The number of carbonyl (C=O) groups excluding carboxylic acids is 1. The minimum absolute atomic E-state index is 0.0448. The van der Waals surface area contributed by atoms with Crippen molar-refractivity contribution in [3.8, 4) is 0 Å². The molecule has 28 heavy (non-hydrogen) atoms. The van der Waals surface area contributed by atoms with Gasteiger partial charge in [0, 0.05) is 38.2 Å². The largest absolute Gasteiger partial charge is 0.481 e. The molecule has 1 aromatic carbocycles. The number of carbonyl (C=O) groups is 2. The first-order valence-electron chi connectivity index (χ1n) is 10.3. The predicted octanol–water partition coefficient (Wildman–Crippen LogP) is 3.80. The number of rotatable bonds is 5. The summed E-state index contributed by atoms with van der Waals surface area (Å²) in [5.41, 5.74) is 3.55. The normalized spacial score (nSPS) is 22.4. The smallest absolute Gasteiger partial charge is 0.303 e. The molecule has 0 saturated carbocycles. The molecule has 2 atom stereocenters. The van der Waals surface area contributed by atoms with Gasteiger partial charge in [0.25, 0.3) is 0 Å². The summed E-state index contributed by atoms with van der Waals surface area (Å²) >= 11 is 0. The minimum atomic E-state index is -0.754. The van der Waals surface area contributed by atoms with Gasteiger partial charge in [-0.25, -0.2) is 0 Å². The quantitative estimate of drug-likeness (QED) is 0.839. The Morgan fingerprint density at radius 3 is 2.68 bits per heavy atom. The lowest BCUT2D eigenvalue weighted by Crippen LogP contribution is -2.46. The fourth-order valence-electron chi connectivity index (χ4n) is 4.44. The van der Waals surface area contributed by atoms with Crippen molar-refractivity contribution in [2.75, 3.05) is 19.6 Å². The van der Waals surface area contributed by atoms with Gasteiger partial charge in [0.15, 0.2) is 0 Å². The van der Waals surface area contributed by atoms with E-state index in [1.54, 1.807) is 0 Å². The van der Waals surface area contributed by atoms with Crippen LogP contribution in [0, 0.1) is 17.3 Å². The zero-order chi connectivity index (χ0) is 20.3. The number of benzene rings is 1. The van der Waals surface area contributed by atoms with E-state index in [1.807, 2.05) is 11.0 Å². The van der Waals surface area contributed by atoms with E-state index < -0.39 is 5.97 Å². The van der Waals surface area contributed by atoms with E-state index >= 15 is 0 Å². The second kappa shape index (κ2) is 8.46. The Bertz CT molecular complexity index is 763. The number of carboxylic acid groups (broad SMARTS) is 1. The topological polar surface area (TPSA) is 70.0 Å². The zero-order valence-electron chi connectivity index (χ0n) is 17.3. The SMILES string of the molecule is CC(C)(C)CC(=O)N1CCC(CC(=O)O)C(CC2=NCCc3ccccc32)C1. The van der Waals surface area contributed by atoms with Gasteiger partial charge in [-0.3, -0.25) is 14.6 Å². The number of piperidine rings is 1. The maximum atomic E-state index is 12.8. The molecule has 5 heteroatoms. The second-order valence-corrected chi connectivity index (χ2v) is 9.42. The van der Waals surface area contributed by atoms with Crippen molar-refractivity contribution in [2.45, 2.75) is 52.9 Å². The molecule has 0 aliphatic carbocycles. The van der Waals surface area contributed by atoms with E-state index in [2.05, 4.69) is 39.0 Å². The summed E-state index contributed by atoms with van der Waals surface area (Å²) in [7, 11) is 0. The van der Waals surface area contributed by atoms with Gasteiger partial charge in [-0.2, -0.15) is 0 Å². The number of hydrogen-bond donors (Lipinski definition) is 1. The Balaban J connectivity index is 1.77. The van der Waals surface area contributed by atoms with Crippen LogP contribution in [0.15, 0.2) is 29.3 Å². The van der Waals surface area contributed by atoms with E-state index in [0.717, 1.165) is 31.5 Å². The van der Waals surface area contributed by atoms with E-state index in [1.165, 1.54) is 11.1 Å². The lowest BCUT2D eigenvalue weighted by Gasteiger charge is -2.39. The zero-order valence-corrected chi connectivity index (χ0v) is 17.3. The number of hydrogen-bond acceptors (Lipinski definition) is 3. The summed E-state index contributed by atoms with van der Waals surface area (Å²) in [4.78, 5) is 30.9. The lowest BCUT2D eigenvalue weighted by molar-refractivity contribution is -0.140. The van der Waals surface area contributed by atoms with Gasteiger partial charge in [0.2, 0.25) is 5.91 Å². The van der Waals surface area contributed by atoms with Gasteiger partial charge in [-0.15, -0.1) is 0 Å². The van der Waals surface area contributed by atoms with Crippen LogP contribution in [0.5, 0.6) is 0 Å². The van der Waals surface area contributed by atoms with Gasteiger partial charge in [0.05, 0.1) is 0 Å². The molecule has 0 radical (unpaired) electrons. The molecule has 0 aromatic heterocycles. The minimum Gasteiger partial charge on any atom is -0.481 e. The predicted molar refractivity (Wildman–Crippen MR) is 111 cm³/mol. The van der Waals surface area contributed by atoms with Crippen LogP contribution < -0.4 is 0 Å². The molecule has 2 heterocycles. The standard InChI is InChI=1S/C23H32N2O3/c1-23(2,3)14-21(26)25-11-9-17(13-22(27)28)18(15-25)12-20-19-7-5-4-6-16(19)8-10-24-20/h4-7,17-18H,8-15H2,1-3H3,(H,27,28). The van der Waals surface area contributed by atoms with Crippen LogP contribution in [0.25, 0.3) is 0 Å². The van der Waals surface area contributed by atoms with Crippen LogP contribution in [-0.4, -0.2) is 47.2 Å². The fourth-order valence-corrected chi connectivity index (χ4v) is 4.44. The van der Waals surface area contributed by atoms with E-state index in [4.69, 9.17) is 4.99 Å². The Morgan fingerprint density at radius 1 is 1.21 bits per heavy atom. The van der Waals surface area contributed by atoms with Gasteiger partial charge in [-0.05, 0) is 47.6 Å². The van der Waals surface area contributed by atoms with Crippen LogP contribution >= 0.6 is 0 Å². The molecule has 0 bridgehead atoms. The monoisotopic (exact) mass is 384 g/mol. The molecular formula is C23H32N2O3. The number of amides is 1. The van der Waals surface area contributed by atoms with Crippen LogP contribution in [0.4, 0.5) is 0 Å². The molecule has 1 aromatic rings. The molecule has 0 spiro atoms. The first-order valence-corrected chi connectivity index (χ1v) is 10.3. The third kappa shape index (κ3) is 5.21. The molecule has 152 valence electrons. The number of carboxylic acids is 1. The van der Waals surface area contributed by atoms with Crippen molar-refractivity contribution < 1.29 is 14.7 Å². The average Bonchev–Trinajstić information content (AvgIpc) is 2.61. The van der Waals surface area contributed by atoms with Crippen molar-refractivity contribution in [2.24, 2.45) is 22.2 Å². The Hall–Kier alpha value is -2.17. The highest BCUT2D eigenvalue weighted by atomic mass is 16.4. The first-order chi connectivity index (χ1) is 13.2. The van der Waals surface area contributed by atoms with Crippen molar-refractivity contribution in [3.05, 3.63) is 35.4 Å². The number of fused-ring (bicyclic) bond motifs is 1. The Morgan fingerprint density at radius 2 is 1.96 bits per heavy atom. The lowest BCUT2D eigenvalue weighted by atomic mass is 9.78.